The number of pyridine rings is 1. The van der Waals surface area contributed by atoms with Gasteiger partial charge in [-0.1, -0.05) is 31.4 Å². The first-order valence-electron chi connectivity index (χ1n) is 9.73. The van der Waals surface area contributed by atoms with E-state index in [1.807, 2.05) is 4.90 Å². The Labute approximate surface area is 168 Å². The molecule has 156 valence electrons. The third-order valence-electron chi connectivity index (χ3n) is 5.65. The molecule has 3 rings (SSSR count). The van der Waals surface area contributed by atoms with Crippen LogP contribution in [0.1, 0.15) is 38.2 Å². The van der Waals surface area contributed by atoms with E-state index in [0.717, 1.165) is 31.5 Å². The van der Waals surface area contributed by atoms with Crippen molar-refractivity contribution < 1.29 is 18.0 Å². The maximum absolute atomic E-state index is 12.7. The van der Waals surface area contributed by atoms with Gasteiger partial charge in [0.25, 0.3) is 0 Å². The minimum absolute atomic E-state index is 0.00713. The maximum Gasteiger partial charge on any atom is 0.417 e. The highest BCUT2D eigenvalue weighted by atomic mass is 35.5. The lowest BCUT2D eigenvalue weighted by molar-refractivity contribution is -0.137. The van der Waals surface area contributed by atoms with Gasteiger partial charge in [-0.3, -0.25) is 9.69 Å². The summed E-state index contributed by atoms with van der Waals surface area (Å²) in [4.78, 5) is 20.2. The van der Waals surface area contributed by atoms with Gasteiger partial charge in [0.1, 0.15) is 5.82 Å². The van der Waals surface area contributed by atoms with Gasteiger partial charge in [-0.25, -0.2) is 4.98 Å². The van der Waals surface area contributed by atoms with E-state index in [4.69, 9.17) is 11.6 Å². The Morgan fingerprint density at radius 1 is 1.25 bits per heavy atom. The first-order valence-corrected chi connectivity index (χ1v) is 10.1. The third kappa shape index (κ3) is 5.29. The molecule has 1 amide bonds. The standard InChI is InChI=1S/C19H26ClF3N4O/c1-13-4-2-3-5-16(13)25-17(28)12-26-6-8-27(9-7-26)18-15(20)10-14(11-24-18)19(21,22)23/h10-11,13,16H,2-9,12H2,1H3,(H,25,28)/t13-,16-/m1/s1. The van der Waals surface area contributed by atoms with Crippen molar-refractivity contribution >= 4 is 23.3 Å². The van der Waals surface area contributed by atoms with E-state index in [1.54, 1.807) is 0 Å². The third-order valence-corrected chi connectivity index (χ3v) is 5.92. The normalized spacial score (nSPS) is 24.2. The molecule has 0 spiro atoms. The van der Waals surface area contributed by atoms with Gasteiger partial charge in [0, 0.05) is 38.4 Å². The first kappa shape index (κ1) is 21.2. The van der Waals surface area contributed by atoms with Crippen molar-refractivity contribution in [1.29, 1.82) is 0 Å². The van der Waals surface area contributed by atoms with E-state index in [9.17, 15) is 18.0 Å². The molecular weight excluding hydrogens is 393 g/mol. The largest absolute Gasteiger partial charge is 0.417 e. The molecule has 0 bridgehead atoms. The molecule has 0 radical (unpaired) electrons. The van der Waals surface area contributed by atoms with Crippen LogP contribution in [0.15, 0.2) is 12.3 Å². The second-order valence-corrected chi connectivity index (χ2v) is 8.13. The zero-order valence-corrected chi connectivity index (χ0v) is 16.7. The van der Waals surface area contributed by atoms with Crippen LogP contribution in [0, 0.1) is 5.92 Å². The molecular formula is C19H26ClF3N4O. The highest BCUT2D eigenvalue weighted by Gasteiger charge is 2.32. The Kier molecular flexibility index (Phi) is 6.70. The van der Waals surface area contributed by atoms with E-state index >= 15 is 0 Å². The molecule has 1 N–H and O–H groups in total. The molecule has 1 aliphatic carbocycles. The summed E-state index contributed by atoms with van der Waals surface area (Å²) >= 11 is 6.03. The van der Waals surface area contributed by atoms with Crippen molar-refractivity contribution in [2.24, 2.45) is 5.92 Å². The number of hydrogen-bond donors (Lipinski definition) is 1. The second kappa shape index (κ2) is 8.86. The summed E-state index contributed by atoms with van der Waals surface area (Å²) in [7, 11) is 0. The molecule has 5 nitrogen and oxygen atoms in total. The first-order chi connectivity index (χ1) is 13.2. The van der Waals surface area contributed by atoms with Crippen molar-refractivity contribution in [3.63, 3.8) is 0 Å². The Balaban J connectivity index is 1.50. The number of alkyl halides is 3. The molecule has 0 aromatic carbocycles. The molecule has 1 aromatic heterocycles. The van der Waals surface area contributed by atoms with Crippen LogP contribution in [0.5, 0.6) is 0 Å². The number of rotatable bonds is 4. The fourth-order valence-electron chi connectivity index (χ4n) is 3.92. The summed E-state index contributed by atoms with van der Waals surface area (Å²) < 4.78 is 38.2. The molecule has 1 aromatic rings. The maximum atomic E-state index is 12.7. The van der Waals surface area contributed by atoms with E-state index < -0.39 is 11.7 Å². The number of halogens is 4. The highest BCUT2D eigenvalue weighted by molar-refractivity contribution is 6.33. The summed E-state index contributed by atoms with van der Waals surface area (Å²) in [5.74, 6) is 0.912. The molecule has 1 saturated heterocycles. The summed E-state index contributed by atoms with van der Waals surface area (Å²) in [5, 5.41) is 3.15. The van der Waals surface area contributed by atoms with E-state index in [2.05, 4.69) is 22.1 Å². The number of anilines is 1. The molecule has 2 heterocycles. The Morgan fingerprint density at radius 3 is 2.54 bits per heavy atom. The van der Waals surface area contributed by atoms with Crippen LogP contribution in [0.2, 0.25) is 5.02 Å². The van der Waals surface area contributed by atoms with Crippen LogP contribution in [0.4, 0.5) is 19.0 Å². The van der Waals surface area contributed by atoms with Gasteiger partial charge < -0.3 is 10.2 Å². The topological polar surface area (TPSA) is 48.5 Å². The number of hydrogen-bond acceptors (Lipinski definition) is 4. The summed E-state index contributed by atoms with van der Waals surface area (Å²) in [6, 6.07) is 1.17. The SMILES string of the molecule is C[C@@H]1CCCC[C@H]1NC(=O)CN1CCN(c2ncc(C(F)(F)F)cc2Cl)CC1. The number of nitrogens with zero attached hydrogens (tertiary/aromatic N) is 3. The predicted octanol–water partition coefficient (Wildman–Crippen LogP) is 3.57. The molecule has 0 unspecified atom stereocenters. The Bertz CT molecular complexity index is 692. The van der Waals surface area contributed by atoms with Crippen molar-refractivity contribution in [1.82, 2.24) is 15.2 Å². The number of piperazine rings is 1. The van der Waals surface area contributed by atoms with Crippen LogP contribution in [0.3, 0.4) is 0 Å². The van der Waals surface area contributed by atoms with Crippen LogP contribution in [0.25, 0.3) is 0 Å². The van der Waals surface area contributed by atoms with Crippen LogP contribution >= 0.6 is 11.6 Å². The average molecular weight is 419 g/mol. The molecule has 28 heavy (non-hydrogen) atoms. The number of carbonyl (C=O) groups excluding carboxylic acids is 1. The lowest BCUT2D eigenvalue weighted by atomic mass is 9.86. The van der Waals surface area contributed by atoms with Crippen molar-refractivity contribution in [2.45, 2.75) is 44.8 Å². The van der Waals surface area contributed by atoms with E-state index in [-0.39, 0.29) is 17.0 Å². The molecule has 2 fully saturated rings. The molecule has 2 aliphatic rings. The Morgan fingerprint density at radius 2 is 1.93 bits per heavy atom. The summed E-state index contributed by atoms with van der Waals surface area (Å²) in [6.07, 6.45) is 0.942. The molecule has 9 heteroatoms. The zero-order chi connectivity index (χ0) is 20.3. The van der Waals surface area contributed by atoms with Gasteiger partial charge in [-0.15, -0.1) is 0 Å². The predicted molar refractivity (Wildman–Crippen MR) is 102 cm³/mol. The smallest absolute Gasteiger partial charge is 0.353 e. The summed E-state index contributed by atoms with van der Waals surface area (Å²) in [5.41, 5.74) is -0.853. The highest BCUT2D eigenvalue weighted by Crippen LogP contribution is 2.33. The lowest BCUT2D eigenvalue weighted by Crippen LogP contribution is -2.51. The van der Waals surface area contributed by atoms with Crippen LogP contribution in [-0.2, 0) is 11.0 Å². The minimum atomic E-state index is -4.46. The summed E-state index contributed by atoms with van der Waals surface area (Å²) in [6.45, 7) is 4.91. The number of nitrogens with one attached hydrogen (secondary N) is 1. The van der Waals surface area contributed by atoms with Gasteiger partial charge in [0.15, 0.2) is 0 Å². The quantitative estimate of drug-likeness (QED) is 0.812. The number of amides is 1. The zero-order valence-electron chi connectivity index (χ0n) is 15.9. The van der Waals surface area contributed by atoms with E-state index in [1.165, 1.54) is 6.42 Å². The van der Waals surface area contributed by atoms with Crippen LogP contribution < -0.4 is 10.2 Å². The molecule has 2 atom stereocenters. The minimum Gasteiger partial charge on any atom is -0.353 e. The van der Waals surface area contributed by atoms with Crippen LogP contribution in [-0.4, -0.2) is 54.6 Å². The monoisotopic (exact) mass is 418 g/mol. The Hall–Kier alpha value is -1.54. The van der Waals surface area contributed by atoms with Gasteiger partial charge in [0.2, 0.25) is 5.91 Å². The van der Waals surface area contributed by atoms with Gasteiger partial charge in [-0.2, -0.15) is 13.2 Å². The van der Waals surface area contributed by atoms with E-state index in [0.29, 0.717) is 44.5 Å². The number of carbonyl (C=O) groups is 1. The average Bonchev–Trinajstić information content (AvgIpc) is 2.63. The fourth-order valence-corrected chi connectivity index (χ4v) is 4.21. The van der Waals surface area contributed by atoms with Crippen molar-refractivity contribution in [3.8, 4) is 0 Å². The van der Waals surface area contributed by atoms with Gasteiger partial charge in [0.05, 0.1) is 17.1 Å². The molecule has 1 saturated carbocycles. The lowest BCUT2D eigenvalue weighted by Gasteiger charge is -2.36. The second-order valence-electron chi connectivity index (χ2n) is 7.73. The molecule has 1 aliphatic heterocycles. The van der Waals surface area contributed by atoms with Gasteiger partial charge >= 0.3 is 6.18 Å². The van der Waals surface area contributed by atoms with Crippen molar-refractivity contribution in [3.05, 3.63) is 22.8 Å². The van der Waals surface area contributed by atoms with Gasteiger partial charge in [-0.05, 0) is 24.8 Å². The number of aromatic nitrogens is 1. The van der Waals surface area contributed by atoms with Crippen molar-refractivity contribution in [2.75, 3.05) is 37.6 Å². The fraction of sp³-hybridized carbons (Fsp3) is 0.684.